The summed E-state index contributed by atoms with van der Waals surface area (Å²) in [6.45, 7) is 0. The predicted molar refractivity (Wildman–Crippen MR) is 41.8 cm³/mol. The number of nitrogens with zero attached hydrogens (tertiary/aromatic N) is 2. The van der Waals surface area contributed by atoms with Crippen LogP contribution in [0.15, 0.2) is 10.3 Å². The summed E-state index contributed by atoms with van der Waals surface area (Å²) in [6.07, 6.45) is 1.89. The lowest BCUT2D eigenvalue weighted by atomic mass is 10.2. The van der Waals surface area contributed by atoms with Crippen molar-refractivity contribution in [3.63, 3.8) is 0 Å². The van der Waals surface area contributed by atoms with E-state index in [-0.39, 0.29) is 0 Å². The molecule has 0 fully saturated rings. The highest BCUT2D eigenvalue weighted by Crippen LogP contribution is 1.90. The fourth-order valence-electron chi connectivity index (χ4n) is 0.0596. The van der Waals surface area contributed by atoms with Gasteiger partial charge in [0, 0.05) is 0 Å². The Bertz CT molecular complexity index is 95.9. The fraction of sp³-hybridized carbons (Fsp3) is 0.333. The number of halogens is 2. The van der Waals surface area contributed by atoms with Gasteiger partial charge in [0.25, 0.3) is 0 Å². The van der Waals surface area contributed by atoms with Gasteiger partial charge < -0.3 is 10.4 Å². The average Bonchev–Trinajstić information content (AvgIpc) is 1.82. The summed E-state index contributed by atoms with van der Waals surface area (Å²) >= 11 is 9.64. The van der Waals surface area contributed by atoms with E-state index in [9.17, 15) is 0 Å². The molecule has 0 saturated heterocycles. The fourth-order valence-corrected chi connectivity index (χ4v) is 0.0596. The second-order valence-electron chi connectivity index (χ2n) is 0.864. The lowest BCUT2D eigenvalue weighted by Gasteiger charge is -1.72. The summed E-state index contributed by atoms with van der Waals surface area (Å²) in [7, 11) is 4.64. The molecule has 0 amide bonds. The third kappa shape index (κ3) is 49.2. The Labute approximate surface area is 69.5 Å². The highest BCUT2D eigenvalue weighted by molar-refractivity contribution is 6.60. The van der Waals surface area contributed by atoms with Crippen molar-refractivity contribution in [2.45, 2.75) is 4.74 Å². The van der Waals surface area contributed by atoms with E-state index in [1.54, 1.807) is 0 Å². The molecule has 0 unspecified atom stereocenters. The Morgan fingerprint density at radius 3 is 1.50 bits per heavy atom. The SMILES string of the molecule is O/N=C/C=N/O.[B]C(Cl)Cl. The van der Waals surface area contributed by atoms with Crippen molar-refractivity contribution in [1.82, 2.24) is 0 Å². The Balaban J connectivity index is 0. The summed E-state index contributed by atoms with van der Waals surface area (Å²) in [5, 5.41) is 20.1. The Morgan fingerprint density at radius 2 is 1.40 bits per heavy atom. The molecule has 0 aromatic heterocycles. The van der Waals surface area contributed by atoms with E-state index in [1.165, 1.54) is 0 Å². The largest absolute Gasteiger partial charge is 0.411 e. The smallest absolute Gasteiger partial charge is 0.114 e. The zero-order valence-electron chi connectivity index (χ0n) is 4.85. The van der Waals surface area contributed by atoms with Gasteiger partial charge in [-0.1, -0.05) is 10.3 Å². The van der Waals surface area contributed by atoms with E-state index < -0.39 is 4.74 Å². The lowest BCUT2D eigenvalue weighted by molar-refractivity contribution is 0.317. The zero-order chi connectivity index (χ0) is 8.41. The maximum Gasteiger partial charge on any atom is 0.114 e. The number of hydrogen-bond donors (Lipinski definition) is 2. The molecule has 0 spiro atoms. The van der Waals surface area contributed by atoms with Gasteiger partial charge in [0.2, 0.25) is 0 Å². The maximum atomic E-state index is 7.56. The first-order valence-corrected chi connectivity index (χ1v) is 2.89. The van der Waals surface area contributed by atoms with Crippen LogP contribution < -0.4 is 0 Å². The Morgan fingerprint density at radius 1 is 1.20 bits per heavy atom. The van der Waals surface area contributed by atoms with Crippen molar-refractivity contribution in [2.75, 3.05) is 0 Å². The molecule has 0 aliphatic rings. The summed E-state index contributed by atoms with van der Waals surface area (Å²) in [5.74, 6) is 0. The molecule has 7 heteroatoms. The summed E-state index contributed by atoms with van der Waals surface area (Å²) in [5.41, 5.74) is 0. The van der Waals surface area contributed by atoms with Gasteiger partial charge in [0.05, 0.1) is 17.2 Å². The minimum absolute atomic E-state index is 0.722. The number of oxime groups is 2. The monoisotopic (exact) mass is 182 g/mol. The molecule has 0 rings (SSSR count). The van der Waals surface area contributed by atoms with Crippen LogP contribution in [0.5, 0.6) is 0 Å². The van der Waals surface area contributed by atoms with Crippen molar-refractivity contribution >= 4 is 43.5 Å². The van der Waals surface area contributed by atoms with Crippen LogP contribution in [-0.4, -0.2) is 35.4 Å². The van der Waals surface area contributed by atoms with Gasteiger partial charge in [0.15, 0.2) is 0 Å². The highest BCUT2D eigenvalue weighted by atomic mass is 35.5. The van der Waals surface area contributed by atoms with Gasteiger partial charge in [-0.2, -0.15) is 0 Å². The van der Waals surface area contributed by atoms with Crippen LogP contribution in [0.1, 0.15) is 0 Å². The second-order valence-corrected chi connectivity index (χ2v) is 2.03. The van der Waals surface area contributed by atoms with Crippen LogP contribution in [0.2, 0.25) is 0 Å². The molecule has 0 aromatic carbocycles. The molecule has 4 nitrogen and oxygen atoms in total. The second kappa shape index (κ2) is 11.4. The standard InChI is InChI=1S/C2H4N2O2.CHBCl2/c5-3-1-2-4-6;2-1(3)4/h1-2,5-6H;1H/b3-1+,4-2+;. The van der Waals surface area contributed by atoms with Crippen molar-refractivity contribution < 1.29 is 10.4 Å². The molecular formula is C3H5BCl2N2O2. The van der Waals surface area contributed by atoms with Gasteiger partial charge >= 0.3 is 0 Å². The number of rotatable bonds is 1. The Kier molecular flexibility index (Phi) is 14.0. The molecule has 0 saturated carbocycles. The zero-order valence-corrected chi connectivity index (χ0v) is 6.37. The van der Waals surface area contributed by atoms with Crippen LogP contribution in [0.25, 0.3) is 0 Å². The van der Waals surface area contributed by atoms with Crippen molar-refractivity contribution in [2.24, 2.45) is 10.3 Å². The van der Waals surface area contributed by atoms with Crippen LogP contribution in [-0.2, 0) is 0 Å². The van der Waals surface area contributed by atoms with E-state index in [0.29, 0.717) is 0 Å². The van der Waals surface area contributed by atoms with E-state index in [1.807, 2.05) is 0 Å². The van der Waals surface area contributed by atoms with Gasteiger partial charge in [0.1, 0.15) is 7.85 Å². The lowest BCUT2D eigenvalue weighted by Crippen LogP contribution is -1.75. The summed E-state index contributed by atoms with van der Waals surface area (Å²) in [6, 6.07) is 0. The minimum Gasteiger partial charge on any atom is -0.411 e. The summed E-state index contributed by atoms with van der Waals surface area (Å²) in [4.78, 5) is 0. The topological polar surface area (TPSA) is 65.2 Å². The van der Waals surface area contributed by atoms with Crippen molar-refractivity contribution in [1.29, 1.82) is 0 Å². The first-order valence-electron chi connectivity index (χ1n) is 2.02. The molecule has 0 aromatic rings. The molecule has 0 aliphatic heterocycles. The molecule has 0 bridgehead atoms. The number of hydrogen-bond acceptors (Lipinski definition) is 4. The maximum absolute atomic E-state index is 7.56. The molecule has 56 valence electrons. The number of alkyl halides is 2. The predicted octanol–water partition coefficient (Wildman–Crippen LogP) is 0.822. The molecule has 0 atom stereocenters. The van der Waals surface area contributed by atoms with Gasteiger partial charge in [-0.05, 0) is 0 Å². The molecular weight excluding hydrogens is 178 g/mol. The third-order valence-electron chi connectivity index (χ3n) is 0.200. The quantitative estimate of drug-likeness (QED) is 0.207. The van der Waals surface area contributed by atoms with E-state index >= 15 is 0 Å². The van der Waals surface area contributed by atoms with Gasteiger partial charge in [-0.15, -0.1) is 23.2 Å². The highest BCUT2D eigenvalue weighted by Gasteiger charge is 1.75. The average molecular weight is 183 g/mol. The van der Waals surface area contributed by atoms with E-state index in [0.717, 1.165) is 12.4 Å². The first-order chi connectivity index (χ1) is 4.65. The third-order valence-corrected chi connectivity index (χ3v) is 0.200. The van der Waals surface area contributed by atoms with Crippen LogP contribution >= 0.6 is 23.2 Å². The van der Waals surface area contributed by atoms with Crippen LogP contribution in [0.4, 0.5) is 0 Å². The van der Waals surface area contributed by atoms with Crippen LogP contribution in [0.3, 0.4) is 0 Å². The normalized spacial score (nSPS) is 10.3. The minimum atomic E-state index is -0.722. The van der Waals surface area contributed by atoms with E-state index in [4.69, 9.17) is 33.6 Å². The van der Waals surface area contributed by atoms with Gasteiger partial charge in [-0.25, -0.2) is 0 Å². The molecule has 10 heavy (non-hydrogen) atoms. The molecule has 0 heterocycles. The Hall–Kier alpha value is -0.415. The molecule has 2 radical (unpaired) electrons. The summed E-state index contributed by atoms with van der Waals surface area (Å²) < 4.78 is -0.722. The van der Waals surface area contributed by atoms with Crippen molar-refractivity contribution in [3.8, 4) is 0 Å². The van der Waals surface area contributed by atoms with E-state index in [2.05, 4.69) is 18.2 Å². The van der Waals surface area contributed by atoms with Crippen LogP contribution in [0, 0.1) is 0 Å². The first kappa shape index (κ1) is 12.3. The molecule has 2 N–H and O–H groups in total. The van der Waals surface area contributed by atoms with Gasteiger partial charge in [-0.3, -0.25) is 0 Å². The van der Waals surface area contributed by atoms with Crippen molar-refractivity contribution in [3.05, 3.63) is 0 Å². The molecule has 0 aliphatic carbocycles.